The molecule has 7 heteroatoms. The summed E-state index contributed by atoms with van der Waals surface area (Å²) in [7, 11) is -3.49. The van der Waals surface area contributed by atoms with E-state index in [0.29, 0.717) is 30.6 Å². The highest BCUT2D eigenvalue weighted by atomic mass is 32.2. The van der Waals surface area contributed by atoms with Crippen LogP contribution in [0.3, 0.4) is 0 Å². The van der Waals surface area contributed by atoms with Crippen LogP contribution in [0.1, 0.15) is 37.1 Å². The Kier molecular flexibility index (Phi) is 4.07. The van der Waals surface area contributed by atoms with Crippen molar-refractivity contribution < 1.29 is 12.9 Å². The Hall–Kier alpha value is -0.920. The molecule has 0 bridgehead atoms. The van der Waals surface area contributed by atoms with Crippen molar-refractivity contribution in [1.29, 1.82) is 0 Å². The largest absolute Gasteiger partial charge is 0.360 e. The monoisotopic (exact) mass is 313 g/mol. The summed E-state index contributed by atoms with van der Waals surface area (Å²) >= 11 is 0. The van der Waals surface area contributed by atoms with Gasteiger partial charge >= 0.3 is 0 Å². The molecule has 1 saturated heterocycles. The van der Waals surface area contributed by atoms with Crippen molar-refractivity contribution in [2.75, 3.05) is 26.2 Å². The first-order chi connectivity index (χ1) is 10.00. The quantitative estimate of drug-likeness (QED) is 0.847. The molecule has 3 rings (SSSR count). The van der Waals surface area contributed by atoms with Gasteiger partial charge in [-0.05, 0) is 39.7 Å². The van der Waals surface area contributed by atoms with Crippen molar-refractivity contribution in [3.05, 3.63) is 11.5 Å². The molecule has 0 radical (unpaired) electrons. The van der Waals surface area contributed by atoms with Crippen molar-refractivity contribution in [2.24, 2.45) is 0 Å². The van der Waals surface area contributed by atoms with Gasteiger partial charge < -0.3 is 4.52 Å². The van der Waals surface area contributed by atoms with Crippen LogP contribution in [0.4, 0.5) is 0 Å². The van der Waals surface area contributed by atoms with Crippen molar-refractivity contribution in [3.8, 4) is 0 Å². The molecule has 1 aliphatic carbocycles. The van der Waals surface area contributed by atoms with Crippen LogP contribution in [0.15, 0.2) is 9.42 Å². The minimum Gasteiger partial charge on any atom is -0.360 e. The summed E-state index contributed by atoms with van der Waals surface area (Å²) in [5.41, 5.74) is 0.451. The zero-order valence-corrected chi connectivity index (χ0v) is 13.5. The standard InChI is InChI=1S/C14H23N3O3S/c1-11-14(12(2)20-15-11)21(18,19)17-8-4-7-16(9-10-17)13-5-3-6-13/h13H,3-10H2,1-2H3. The lowest BCUT2D eigenvalue weighted by Gasteiger charge is -2.36. The van der Waals surface area contributed by atoms with Crippen LogP contribution in [0.25, 0.3) is 0 Å². The van der Waals surface area contributed by atoms with Crippen molar-refractivity contribution in [2.45, 2.75) is 50.5 Å². The van der Waals surface area contributed by atoms with E-state index >= 15 is 0 Å². The molecule has 0 atom stereocenters. The van der Waals surface area contributed by atoms with Gasteiger partial charge in [-0.25, -0.2) is 8.42 Å². The van der Waals surface area contributed by atoms with Gasteiger partial charge in [0.25, 0.3) is 0 Å². The number of rotatable bonds is 3. The molecular weight excluding hydrogens is 290 g/mol. The first-order valence-electron chi connectivity index (χ1n) is 7.67. The Balaban J connectivity index is 1.77. The van der Waals surface area contributed by atoms with Gasteiger partial charge in [0, 0.05) is 25.7 Å². The number of aryl methyl sites for hydroxylation is 2. The minimum atomic E-state index is -3.49. The molecule has 118 valence electrons. The predicted molar refractivity (Wildman–Crippen MR) is 78.6 cm³/mol. The highest BCUT2D eigenvalue weighted by molar-refractivity contribution is 7.89. The fourth-order valence-corrected chi connectivity index (χ4v) is 5.00. The molecule has 21 heavy (non-hydrogen) atoms. The van der Waals surface area contributed by atoms with Crippen molar-refractivity contribution >= 4 is 10.0 Å². The summed E-state index contributed by atoms with van der Waals surface area (Å²) in [6.07, 6.45) is 4.72. The molecule has 0 amide bonds. The van der Waals surface area contributed by atoms with Crippen LogP contribution in [0, 0.1) is 13.8 Å². The van der Waals surface area contributed by atoms with E-state index in [4.69, 9.17) is 4.52 Å². The molecular formula is C14H23N3O3S. The van der Waals surface area contributed by atoms with Gasteiger partial charge in [0.1, 0.15) is 10.6 Å². The van der Waals surface area contributed by atoms with Gasteiger partial charge in [0.05, 0.1) is 0 Å². The van der Waals surface area contributed by atoms with Gasteiger partial charge in [-0.15, -0.1) is 0 Å². The third-order valence-corrected chi connectivity index (χ3v) is 6.79. The fraction of sp³-hybridized carbons (Fsp3) is 0.786. The number of hydrogen-bond donors (Lipinski definition) is 0. The van der Waals surface area contributed by atoms with Gasteiger partial charge in [0.15, 0.2) is 5.76 Å². The summed E-state index contributed by atoms with van der Waals surface area (Å²) in [4.78, 5) is 2.70. The number of sulfonamides is 1. The number of nitrogens with zero attached hydrogens (tertiary/aromatic N) is 3. The lowest BCUT2D eigenvalue weighted by atomic mass is 9.91. The number of aromatic nitrogens is 1. The Morgan fingerprint density at radius 2 is 1.86 bits per heavy atom. The van der Waals surface area contributed by atoms with E-state index in [2.05, 4.69) is 10.1 Å². The topological polar surface area (TPSA) is 66.7 Å². The van der Waals surface area contributed by atoms with Crippen LogP contribution in [-0.4, -0.2) is 55.0 Å². The normalized spacial score (nSPS) is 23.0. The van der Waals surface area contributed by atoms with Crippen LogP contribution in [0.2, 0.25) is 0 Å². The summed E-state index contributed by atoms with van der Waals surface area (Å²) in [6.45, 7) is 6.30. The molecule has 0 aromatic carbocycles. The highest BCUT2D eigenvalue weighted by Crippen LogP contribution is 2.28. The predicted octanol–water partition coefficient (Wildman–Crippen LogP) is 1.54. The maximum absolute atomic E-state index is 12.8. The third-order valence-electron chi connectivity index (χ3n) is 4.65. The lowest BCUT2D eigenvalue weighted by molar-refractivity contribution is 0.134. The van der Waals surface area contributed by atoms with E-state index in [-0.39, 0.29) is 4.90 Å². The van der Waals surface area contributed by atoms with Gasteiger partial charge in [-0.1, -0.05) is 11.6 Å². The Labute approximate surface area is 126 Å². The van der Waals surface area contributed by atoms with Crippen molar-refractivity contribution in [1.82, 2.24) is 14.4 Å². The molecule has 1 aliphatic heterocycles. The first-order valence-corrected chi connectivity index (χ1v) is 9.11. The van der Waals surface area contributed by atoms with Crippen LogP contribution in [-0.2, 0) is 10.0 Å². The molecule has 2 aliphatic rings. The molecule has 0 N–H and O–H groups in total. The van der Waals surface area contributed by atoms with Crippen LogP contribution in [0.5, 0.6) is 0 Å². The van der Waals surface area contributed by atoms with E-state index in [1.54, 1.807) is 18.2 Å². The van der Waals surface area contributed by atoms with E-state index in [1.165, 1.54) is 19.3 Å². The summed E-state index contributed by atoms with van der Waals surface area (Å²) in [5.74, 6) is 0.382. The van der Waals surface area contributed by atoms with Gasteiger partial charge in [-0.3, -0.25) is 4.90 Å². The molecule has 0 unspecified atom stereocenters. The minimum absolute atomic E-state index is 0.250. The smallest absolute Gasteiger partial charge is 0.248 e. The van der Waals surface area contributed by atoms with Crippen LogP contribution >= 0.6 is 0 Å². The number of hydrogen-bond acceptors (Lipinski definition) is 5. The highest BCUT2D eigenvalue weighted by Gasteiger charge is 2.34. The summed E-state index contributed by atoms with van der Waals surface area (Å²) in [5, 5.41) is 3.78. The van der Waals surface area contributed by atoms with E-state index in [9.17, 15) is 8.42 Å². The zero-order chi connectivity index (χ0) is 15.0. The van der Waals surface area contributed by atoms with E-state index < -0.39 is 10.0 Å². The van der Waals surface area contributed by atoms with Gasteiger partial charge in [-0.2, -0.15) is 4.31 Å². The molecule has 1 saturated carbocycles. The average Bonchev–Trinajstić information content (AvgIpc) is 2.60. The maximum atomic E-state index is 12.8. The maximum Gasteiger partial charge on any atom is 0.248 e. The van der Waals surface area contributed by atoms with Gasteiger partial charge in [0.2, 0.25) is 10.0 Å². The van der Waals surface area contributed by atoms with Crippen LogP contribution < -0.4 is 0 Å². The second-order valence-corrected chi connectivity index (χ2v) is 7.91. The second-order valence-electron chi connectivity index (χ2n) is 6.03. The fourth-order valence-electron chi connectivity index (χ4n) is 3.24. The Bertz CT molecular complexity index is 587. The SMILES string of the molecule is Cc1noc(C)c1S(=O)(=O)N1CCCN(C2CCC2)CC1. The zero-order valence-electron chi connectivity index (χ0n) is 12.7. The summed E-state index contributed by atoms with van der Waals surface area (Å²) in [6, 6.07) is 0.673. The summed E-state index contributed by atoms with van der Waals surface area (Å²) < 4.78 is 32.2. The third kappa shape index (κ3) is 2.74. The van der Waals surface area contributed by atoms with E-state index in [1.807, 2.05) is 0 Å². The van der Waals surface area contributed by atoms with Crippen molar-refractivity contribution in [3.63, 3.8) is 0 Å². The first kappa shape index (κ1) is 15.0. The molecule has 1 aromatic rings. The Morgan fingerprint density at radius 3 is 2.43 bits per heavy atom. The Morgan fingerprint density at radius 1 is 1.10 bits per heavy atom. The molecule has 1 aromatic heterocycles. The average molecular weight is 313 g/mol. The lowest BCUT2D eigenvalue weighted by Crippen LogP contribution is -2.42. The molecule has 6 nitrogen and oxygen atoms in total. The molecule has 2 fully saturated rings. The van der Waals surface area contributed by atoms with E-state index in [0.717, 1.165) is 19.5 Å². The molecule has 0 spiro atoms. The molecule has 2 heterocycles. The second kappa shape index (κ2) is 5.70.